The summed E-state index contributed by atoms with van der Waals surface area (Å²) < 4.78 is 41.8. The van der Waals surface area contributed by atoms with E-state index in [1.165, 1.54) is 12.1 Å². The fraction of sp³-hybridized carbons (Fsp3) is 0.632. The summed E-state index contributed by atoms with van der Waals surface area (Å²) in [6.07, 6.45) is 1.69. The van der Waals surface area contributed by atoms with E-state index < -0.39 is 27.6 Å². The predicted octanol–water partition coefficient (Wildman–Crippen LogP) is 2.90. The van der Waals surface area contributed by atoms with E-state index in [2.05, 4.69) is 5.32 Å². The molecule has 1 aliphatic rings. The zero-order valence-corrected chi connectivity index (χ0v) is 17.0. The third kappa shape index (κ3) is 7.86. The van der Waals surface area contributed by atoms with Crippen molar-refractivity contribution in [3.63, 3.8) is 0 Å². The zero-order chi connectivity index (χ0) is 19.9. The molecule has 1 amide bonds. The monoisotopic (exact) mass is 399 g/mol. The van der Waals surface area contributed by atoms with Crippen molar-refractivity contribution in [3.8, 4) is 0 Å². The highest BCUT2D eigenvalue weighted by Crippen LogP contribution is 2.16. The highest BCUT2D eigenvalue weighted by Gasteiger charge is 2.27. The Morgan fingerprint density at radius 3 is 2.56 bits per heavy atom. The van der Waals surface area contributed by atoms with Crippen molar-refractivity contribution in [1.82, 2.24) is 5.32 Å². The molecule has 0 aliphatic carbocycles. The van der Waals surface area contributed by atoms with Crippen LogP contribution in [0.5, 0.6) is 0 Å². The van der Waals surface area contributed by atoms with Crippen molar-refractivity contribution in [2.45, 2.75) is 62.9 Å². The molecular weight excluding hydrogens is 370 g/mol. The summed E-state index contributed by atoms with van der Waals surface area (Å²) in [4.78, 5) is 12.3. The fourth-order valence-electron chi connectivity index (χ4n) is 2.66. The Morgan fingerprint density at radius 1 is 1.26 bits per heavy atom. The summed E-state index contributed by atoms with van der Waals surface area (Å²) in [6.45, 7) is 5.88. The minimum Gasteiger partial charge on any atom is -0.444 e. The number of nitrogens with one attached hydrogen (secondary N) is 1. The molecule has 2 atom stereocenters. The summed E-state index contributed by atoms with van der Waals surface area (Å²) in [7, 11) is -3.59. The summed E-state index contributed by atoms with van der Waals surface area (Å²) in [5.74, 6) is -0.289. The summed E-state index contributed by atoms with van der Waals surface area (Å²) in [6, 6.07) is 7.38. The third-order valence-corrected chi connectivity index (χ3v) is 5.70. The van der Waals surface area contributed by atoms with Gasteiger partial charge in [-0.1, -0.05) is 18.2 Å². The standard InChI is InChI=1S/C19H29NO6S/c1-19(2,3)26-18(21)20-15(13-25-17-11-7-8-12-24-17)14-27(22,23)16-9-5-4-6-10-16/h4-6,9-10,15,17H,7-8,11-14H2,1-3H3,(H,20,21)/t15-,17+/m1/s1. The molecule has 1 heterocycles. The first kappa shape index (κ1) is 21.7. The van der Waals surface area contributed by atoms with Crippen LogP contribution in [0.2, 0.25) is 0 Å². The Morgan fingerprint density at radius 2 is 1.96 bits per heavy atom. The van der Waals surface area contributed by atoms with E-state index in [1.807, 2.05) is 0 Å². The predicted molar refractivity (Wildman–Crippen MR) is 101 cm³/mol. The topological polar surface area (TPSA) is 90.9 Å². The van der Waals surface area contributed by atoms with E-state index in [9.17, 15) is 13.2 Å². The number of sulfone groups is 1. The van der Waals surface area contributed by atoms with Crippen molar-refractivity contribution in [1.29, 1.82) is 0 Å². The molecule has 1 aliphatic heterocycles. The zero-order valence-electron chi connectivity index (χ0n) is 16.1. The molecule has 1 aromatic rings. The van der Waals surface area contributed by atoms with E-state index in [-0.39, 0.29) is 23.5 Å². The molecule has 1 N–H and O–H groups in total. The van der Waals surface area contributed by atoms with Gasteiger partial charge in [-0.2, -0.15) is 0 Å². The molecule has 0 unspecified atom stereocenters. The molecule has 7 nitrogen and oxygen atoms in total. The number of carbonyl (C=O) groups excluding carboxylic acids is 1. The first-order valence-corrected chi connectivity index (χ1v) is 10.8. The van der Waals surface area contributed by atoms with Gasteiger partial charge in [0.25, 0.3) is 0 Å². The largest absolute Gasteiger partial charge is 0.444 e. The van der Waals surface area contributed by atoms with Gasteiger partial charge in [-0.3, -0.25) is 0 Å². The minimum absolute atomic E-state index is 0.0238. The lowest BCUT2D eigenvalue weighted by atomic mass is 10.2. The molecule has 0 spiro atoms. The maximum absolute atomic E-state index is 12.7. The van der Waals surface area contributed by atoms with Gasteiger partial charge in [0.1, 0.15) is 5.60 Å². The van der Waals surface area contributed by atoms with Gasteiger partial charge in [0.05, 0.1) is 23.3 Å². The van der Waals surface area contributed by atoms with Crippen molar-refractivity contribution in [2.75, 3.05) is 19.0 Å². The Hall–Kier alpha value is -1.64. The van der Waals surface area contributed by atoms with Crippen molar-refractivity contribution >= 4 is 15.9 Å². The lowest BCUT2D eigenvalue weighted by Gasteiger charge is -2.27. The smallest absolute Gasteiger partial charge is 0.407 e. The van der Waals surface area contributed by atoms with E-state index in [4.69, 9.17) is 14.2 Å². The van der Waals surface area contributed by atoms with Crippen LogP contribution >= 0.6 is 0 Å². The molecule has 1 saturated heterocycles. The quantitative estimate of drug-likeness (QED) is 0.758. The SMILES string of the molecule is CC(C)(C)OC(=O)N[C@H](CO[C@H]1CCCCO1)CS(=O)(=O)c1ccccc1. The molecule has 0 aromatic heterocycles. The van der Waals surface area contributed by atoms with E-state index in [1.54, 1.807) is 39.0 Å². The van der Waals surface area contributed by atoms with E-state index >= 15 is 0 Å². The number of carbonyl (C=O) groups is 1. The number of benzene rings is 1. The van der Waals surface area contributed by atoms with Gasteiger partial charge in [0, 0.05) is 6.61 Å². The molecule has 1 aromatic carbocycles. The number of ether oxygens (including phenoxy) is 3. The van der Waals surface area contributed by atoms with Crippen LogP contribution in [0, 0.1) is 0 Å². The second kappa shape index (κ2) is 9.52. The third-order valence-electron chi connectivity index (χ3n) is 3.86. The van der Waals surface area contributed by atoms with Gasteiger partial charge < -0.3 is 19.5 Å². The van der Waals surface area contributed by atoms with Gasteiger partial charge in [-0.15, -0.1) is 0 Å². The Kier molecular flexibility index (Phi) is 7.64. The number of amides is 1. The van der Waals surface area contributed by atoms with Gasteiger partial charge in [0.2, 0.25) is 0 Å². The Balaban J connectivity index is 2.04. The molecule has 27 heavy (non-hydrogen) atoms. The van der Waals surface area contributed by atoms with Crippen LogP contribution in [-0.2, 0) is 24.0 Å². The normalized spacial score (nSPS) is 19.3. The van der Waals surface area contributed by atoms with Crippen LogP contribution in [0.1, 0.15) is 40.0 Å². The van der Waals surface area contributed by atoms with Crippen LogP contribution in [0.25, 0.3) is 0 Å². The molecule has 152 valence electrons. The molecule has 1 fully saturated rings. The number of alkyl carbamates (subject to hydrolysis) is 1. The minimum atomic E-state index is -3.59. The van der Waals surface area contributed by atoms with Crippen LogP contribution in [0.3, 0.4) is 0 Å². The second-order valence-corrected chi connectivity index (χ2v) is 9.60. The van der Waals surface area contributed by atoms with Crippen LogP contribution in [0.4, 0.5) is 4.79 Å². The van der Waals surface area contributed by atoms with Gasteiger partial charge in [0.15, 0.2) is 16.1 Å². The molecule has 0 radical (unpaired) electrons. The molecule has 0 saturated carbocycles. The van der Waals surface area contributed by atoms with Gasteiger partial charge in [-0.05, 0) is 52.2 Å². The number of hydrogen-bond acceptors (Lipinski definition) is 6. The number of rotatable bonds is 7. The lowest BCUT2D eigenvalue weighted by molar-refractivity contribution is -0.164. The van der Waals surface area contributed by atoms with E-state index in [0.29, 0.717) is 6.61 Å². The van der Waals surface area contributed by atoms with Gasteiger partial charge >= 0.3 is 6.09 Å². The summed E-state index contributed by atoms with van der Waals surface area (Å²) in [5, 5.41) is 2.62. The van der Waals surface area contributed by atoms with Gasteiger partial charge in [-0.25, -0.2) is 13.2 Å². The average Bonchev–Trinajstić information content (AvgIpc) is 2.59. The maximum atomic E-state index is 12.7. The Labute approximate surface area is 161 Å². The first-order valence-electron chi connectivity index (χ1n) is 9.16. The van der Waals surface area contributed by atoms with Crippen LogP contribution in [0.15, 0.2) is 35.2 Å². The number of hydrogen-bond donors (Lipinski definition) is 1. The summed E-state index contributed by atoms with van der Waals surface area (Å²) >= 11 is 0. The molecule has 2 rings (SSSR count). The molecular formula is C19H29NO6S. The molecule has 0 bridgehead atoms. The van der Waals surface area contributed by atoms with Crippen LogP contribution < -0.4 is 5.32 Å². The molecule has 8 heteroatoms. The van der Waals surface area contributed by atoms with E-state index in [0.717, 1.165) is 19.3 Å². The highest BCUT2D eigenvalue weighted by molar-refractivity contribution is 7.91. The fourth-order valence-corrected chi connectivity index (χ4v) is 4.13. The van der Waals surface area contributed by atoms with Crippen molar-refractivity contribution < 1.29 is 27.4 Å². The van der Waals surface area contributed by atoms with Crippen molar-refractivity contribution in [2.24, 2.45) is 0 Å². The Bertz CT molecular complexity index is 693. The average molecular weight is 400 g/mol. The summed E-state index contributed by atoms with van der Waals surface area (Å²) in [5.41, 5.74) is -0.680. The maximum Gasteiger partial charge on any atom is 0.407 e. The first-order chi connectivity index (χ1) is 12.7. The highest BCUT2D eigenvalue weighted by atomic mass is 32.2. The van der Waals surface area contributed by atoms with Crippen molar-refractivity contribution in [3.05, 3.63) is 30.3 Å². The lowest BCUT2D eigenvalue weighted by Crippen LogP contribution is -2.46. The second-order valence-electron chi connectivity index (χ2n) is 7.57. The van der Waals surface area contributed by atoms with Crippen LogP contribution in [-0.4, -0.2) is 51.4 Å².